The van der Waals surface area contributed by atoms with Gasteiger partial charge in [-0.05, 0) is 60.4 Å². The zero-order chi connectivity index (χ0) is 18.8. The number of halogens is 1. The van der Waals surface area contributed by atoms with Crippen LogP contribution in [0.15, 0.2) is 30.3 Å². The predicted octanol–water partition coefficient (Wildman–Crippen LogP) is 5.06. The van der Waals surface area contributed by atoms with E-state index in [0.717, 1.165) is 32.6 Å². The minimum Gasteiger partial charge on any atom is -0.354 e. The van der Waals surface area contributed by atoms with Crippen LogP contribution in [0, 0.1) is 5.92 Å². The summed E-state index contributed by atoms with van der Waals surface area (Å²) in [6.07, 6.45) is 3.42. The molecule has 1 aliphatic heterocycles. The van der Waals surface area contributed by atoms with E-state index in [9.17, 15) is 4.79 Å². The molecule has 27 heavy (non-hydrogen) atoms. The molecule has 1 amide bonds. The van der Waals surface area contributed by atoms with Gasteiger partial charge in [-0.25, -0.2) is 0 Å². The van der Waals surface area contributed by atoms with Crippen LogP contribution >= 0.6 is 34.7 Å². The number of thiophene rings is 1. The SMILES string of the molecule is CNC(=O)c1nnc(CC2CCCSC2)c2cc(-c3ccc(Cl)cc3)sc12. The van der Waals surface area contributed by atoms with Crippen LogP contribution in [-0.4, -0.2) is 34.7 Å². The standard InChI is InChI=1S/C20H20ClN3OS2/c1-22-20(25)18-19-15(10-17(27-19)13-4-6-14(21)7-5-13)16(23-24-18)9-12-3-2-8-26-11-12/h4-7,10,12H,2-3,8-9,11H2,1H3,(H,22,25). The Labute approximate surface area is 171 Å². The van der Waals surface area contributed by atoms with Crippen LogP contribution in [0.4, 0.5) is 0 Å². The third-order valence-corrected chi connectivity index (χ3v) is 7.56. The third-order valence-electron chi connectivity index (χ3n) is 4.84. The van der Waals surface area contributed by atoms with Gasteiger partial charge in [0.05, 0.1) is 10.4 Å². The molecule has 0 bridgehead atoms. The number of hydrogen-bond acceptors (Lipinski definition) is 5. The van der Waals surface area contributed by atoms with Crippen molar-refractivity contribution in [2.45, 2.75) is 19.3 Å². The molecule has 3 aromatic rings. The topological polar surface area (TPSA) is 54.9 Å². The molecular formula is C20H20ClN3OS2. The number of hydrogen-bond donors (Lipinski definition) is 1. The number of rotatable bonds is 4. The lowest BCUT2D eigenvalue weighted by Gasteiger charge is -2.20. The summed E-state index contributed by atoms with van der Waals surface area (Å²) < 4.78 is 0.910. The Morgan fingerprint density at radius 3 is 2.81 bits per heavy atom. The van der Waals surface area contributed by atoms with Gasteiger partial charge in [-0.1, -0.05) is 23.7 Å². The van der Waals surface area contributed by atoms with Gasteiger partial charge in [-0.3, -0.25) is 4.79 Å². The second-order valence-corrected chi connectivity index (χ2v) is 9.36. The predicted molar refractivity (Wildman–Crippen MR) is 115 cm³/mol. The van der Waals surface area contributed by atoms with E-state index in [2.05, 4.69) is 21.6 Å². The highest BCUT2D eigenvalue weighted by Crippen LogP contribution is 2.37. The quantitative estimate of drug-likeness (QED) is 0.644. The first-order valence-corrected chi connectivity index (χ1v) is 11.4. The summed E-state index contributed by atoms with van der Waals surface area (Å²) in [7, 11) is 1.62. The maximum atomic E-state index is 12.3. The monoisotopic (exact) mass is 417 g/mol. The summed E-state index contributed by atoms with van der Waals surface area (Å²) in [6, 6.07) is 9.93. The fourth-order valence-corrected chi connectivity index (χ4v) is 5.86. The first-order valence-electron chi connectivity index (χ1n) is 9.00. The lowest BCUT2D eigenvalue weighted by atomic mass is 9.97. The van der Waals surface area contributed by atoms with Gasteiger partial charge in [-0.2, -0.15) is 16.9 Å². The number of nitrogens with one attached hydrogen (secondary N) is 1. The van der Waals surface area contributed by atoms with E-state index < -0.39 is 0 Å². The van der Waals surface area contributed by atoms with Crippen LogP contribution in [0.1, 0.15) is 29.0 Å². The second-order valence-electron chi connectivity index (χ2n) is 6.72. The Bertz CT molecular complexity index is 965. The molecule has 1 N–H and O–H groups in total. The molecule has 1 fully saturated rings. The fourth-order valence-electron chi connectivity index (χ4n) is 3.41. The smallest absolute Gasteiger partial charge is 0.273 e. The number of thioether (sulfide) groups is 1. The van der Waals surface area contributed by atoms with Crippen LogP contribution in [-0.2, 0) is 6.42 Å². The number of carbonyl (C=O) groups is 1. The average molecular weight is 418 g/mol. The van der Waals surface area contributed by atoms with Crippen molar-refractivity contribution in [3.8, 4) is 10.4 Å². The molecule has 0 aliphatic carbocycles. The molecule has 1 unspecified atom stereocenters. The molecule has 0 spiro atoms. The Kier molecular flexibility index (Phi) is 5.66. The van der Waals surface area contributed by atoms with E-state index >= 15 is 0 Å². The molecule has 1 aliphatic rings. The van der Waals surface area contributed by atoms with E-state index in [4.69, 9.17) is 11.6 Å². The van der Waals surface area contributed by atoms with Crippen molar-refractivity contribution in [1.29, 1.82) is 0 Å². The maximum absolute atomic E-state index is 12.3. The summed E-state index contributed by atoms with van der Waals surface area (Å²) in [6.45, 7) is 0. The van der Waals surface area contributed by atoms with Gasteiger partial charge in [0.15, 0.2) is 5.69 Å². The summed E-state index contributed by atoms with van der Waals surface area (Å²) in [5.74, 6) is 2.86. The summed E-state index contributed by atoms with van der Waals surface area (Å²) >= 11 is 9.64. The number of amides is 1. The molecule has 3 heterocycles. The minimum atomic E-state index is -0.197. The van der Waals surface area contributed by atoms with E-state index in [1.807, 2.05) is 36.0 Å². The Morgan fingerprint density at radius 2 is 2.11 bits per heavy atom. The summed E-state index contributed by atoms with van der Waals surface area (Å²) in [4.78, 5) is 13.4. The molecule has 7 heteroatoms. The second kappa shape index (κ2) is 8.17. The molecule has 0 saturated carbocycles. The van der Waals surface area contributed by atoms with Crippen LogP contribution in [0.5, 0.6) is 0 Å². The number of nitrogens with zero attached hydrogens (tertiary/aromatic N) is 2. The van der Waals surface area contributed by atoms with E-state index in [1.165, 1.54) is 24.3 Å². The van der Waals surface area contributed by atoms with Gasteiger partial charge >= 0.3 is 0 Å². The zero-order valence-corrected chi connectivity index (χ0v) is 17.4. The van der Waals surface area contributed by atoms with E-state index in [0.29, 0.717) is 16.6 Å². The lowest BCUT2D eigenvalue weighted by Crippen LogP contribution is -2.21. The molecule has 4 rings (SSSR count). The van der Waals surface area contributed by atoms with Crippen LogP contribution in [0.3, 0.4) is 0 Å². The van der Waals surface area contributed by atoms with Gasteiger partial charge in [0.25, 0.3) is 5.91 Å². The Hall–Kier alpha value is -1.63. The van der Waals surface area contributed by atoms with Crippen LogP contribution in [0.25, 0.3) is 20.5 Å². The first-order chi connectivity index (χ1) is 13.2. The molecule has 1 saturated heterocycles. The van der Waals surface area contributed by atoms with Crippen molar-refractivity contribution in [3.05, 3.63) is 46.7 Å². The summed E-state index contributed by atoms with van der Waals surface area (Å²) in [5.41, 5.74) is 2.49. The van der Waals surface area contributed by atoms with Crippen molar-refractivity contribution >= 4 is 50.7 Å². The van der Waals surface area contributed by atoms with Crippen molar-refractivity contribution in [1.82, 2.24) is 15.5 Å². The first kappa shape index (κ1) is 18.7. The normalized spacial score (nSPS) is 17.2. The lowest BCUT2D eigenvalue weighted by molar-refractivity contribution is 0.0959. The minimum absolute atomic E-state index is 0.197. The van der Waals surface area contributed by atoms with E-state index in [1.54, 1.807) is 18.4 Å². The van der Waals surface area contributed by atoms with Crippen LogP contribution in [0.2, 0.25) is 5.02 Å². The fraction of sp³-hybridized carbons (Fsp3) is 0.350. The Morgan fingerprint density at radius 1 is 1.30 bits per heavy atom. The number of benzene rings is 1. The molecule has 140 valence electrons. The van der Waals surface area contributed by atoms with Crippen molar-refractivity contribution in [2.24, 2.45) is 5.92 Å². The van der Waals surface area contributed by atoms with Gasteiger partial charge in [0.1, 0.15) is 0 Å². The number of aromatic nitrogens is 2. The highest BCUT2D eigenvalue weighted by molar-refractivity contribution is 7.99. The van der Waals surface area contributed by atoms with Crippen LogP contribution < -0.4 is 5.32 Å². The number of carbonyl (C=O) groups excluding carboxylic acids is 1. The van der Waals surface area contributed by atoms with Gasteiger partial charge < -0.3 is 5.32 Å². The largest absolute Gasteiger partial charge is 0.354 e. The summed E-state index contributed by atoms with van der Waals surface area (Å²) in [5, 5.41) is 13.2. The molecule has 4 nitrogen and oxygen atoms in total. The van der Waals surface area contributed by atoms with E-state index in [-0.39, 0.29) is 5.91 Å². The van der Waals surface area contributed by atoms with Crippen molar-refractivity contribution < 1.29 is 4.79 Å². The highest BCUT2D eigenvalue weighted by atomic mass is 35.5. The third kappa shape index (κ3) is 3.98. The average Bonchev–Trinajstić information content (AvgIpc) is 3.15. The Balaban J connectivity index is 1.79. The highest BCUT2D eigenvalue weighted by Gasteiger charge is 2.22. The molecule has 2 aromatic heterocycles. The zero-order valence-electron chi connectivity index (χ0n) is 15.0. The van der Waals surface area contributed by atoms with Crippen molar-refractivity contribution in [3.63, 3.8) is 0 Å². The molecule has 1 aromatic carbocycles. The van der Waals surface area contributed by atoms with Gasteiger partial charge in [0, 0.05) is 22.3 Å². The molecule has 0 radical (unpaired) electrons. The molecule has 1 atom stereocenters. The maximum Gasteiger partial charge on any atom is 0.273 e. The number of fused-ring (bicyclic) bond motifs is 1. The van der Waals surface area contributed by atoms with Crippen molar-refractivity contribution in [2.75, 3.05) is 18.6 Å². The van der Waals surface area contributed by atoms with Gasteiger partial charge in [-0.15, -0.1) is 16.4 Å². The van der Waals surface area contributed by atoms with Gasteiger partial charge in [0.2, 0.25) is 0 Å². The molecular weight excluding hydrogens is 398 g/mol.